The van der Waals surface area contributed by atoms with Crippen LogP contribution < -0.4 is 0 Å². The Labute approximate surface area is 138 Å². The van der Waals surface area contributed by atoms with Crippen molar-refractivity contribution < 1.29 is 19.2 Å². The number of nitro groups is 1. The van der Waals surface area contributed by atoms with Crippen LogP contribution in [0.3, 0.4) is 0 Å². The van der Waals surface area contributed by atoms with E-state index >= 15 is 0 Å². The number of nitro benzene ring substituents is 1. The van der Waals surface area contributed by atoms with Crippen LogP contribution in [-0.2, 0) is 14.3 Å². The van der Waals surface area contributed by atoms with Crippen LogP contribution >= 0.6 is 0 Å². The van der Waals surface area contributed by atoms with Crippen molar-refractivity contribution in [3.8, 4) is 0 Å². The first-order chi connectivity index (χ1) is 11.5. The van der Waals surface area contributed by atoms with Gasteiger partial charge >= 0.3 is 5.97 Å². The van der Waals surface area contributed by atoms with Crippen molar-refractivity contribution in [1.82, 2.24) is 10.0 Å². The summed E-state index contributed by atoms with van der Waals surface area (Å²) in [6.07, 6.45) is 2.21. The molecule has 1 atom stereocenters. The van der Waals surface area contributed by atoms with Crippen molar-refractivity contribution in [3.05, 3.63) is 51.7 Å². The lowest BCUT2D eigenvalue weighted by molar-refractivity contribution is -0.384. The van der Waals surface area contributed by atoms with Gasteiger partial charge in [0, 0.05) is 43.3 Å². The largest absolute Gasteiger partial charge is 0.463 e. The molecule has 126 valence electrons. The number of carbonyl (C=O) groups is 2. The van der Waals surface area contributed by atoms with E-state index in [2.05, 4.69) is 0 Å². The Morgan fingerprint density at radius 1 is 1.42 bits per heavy atom. The Morgan fingerprint density at radius 2 is 2.12 bits per heavy atom. The van der Waals surface area contributed by atoms with Crippen LogP contribution in [0.15, 0.2) is 36.0 Å². The van der Waals surface area contributed by atoms with E-state index in [9.17, 15) is 19.7 Å². The molecule has 2 aliphatic rings. The third-order valence-corrected chi connectivity index (χ3v) is 4.14. The van der Waals surface area contributed by atoms with Gasteiger partial charge in [0.2, 0.25) is 5.91 Å². The van der Waals surface area contributed by atoms with Gasteiger partial charge < -0.3 is 4.74 Å². The fourth-order valence-corrected chi connectivity index (χ4v) is 3.12. The highest BCUT2D eigenvalue weighted by Crippen LogP contribution is 2.42. The summed E-state index contributed by atoms with van der Waals surface area (Å²) >= 11 is 0. The molecule has 2 saturated heterocycles. The second-order valence-electron chi connectivity index (χ2n) is 5.57. The normalized spacial score (nSPS) is 22.0. The maximum atomic E-state index is 12.1. The average Bonchev–Trinajstić information content (AvgIpc) is 3.09. The Hall–Kier alpha value is -2.74. The molecular weight excluding hydrogens is 314 g/mol. The lowest BCUT2D eigenvalue weighted by Gasteiger charge is -2.24. The van der Waals surface area contributed by atoms with E-state index in [1.807, 2.05) is 5.01 Å². The summed E-state index contributed by atoms with van der Waals surface area (Å²) < 4.78 is 4.92. The molecule has 8 heteroatoms. The molecule has 0 bridgehead atoms. The summed E-state index contributed by atoms with van der Waals surface area (Å²) in [7, 11) is 0. The molecule has 0 saturated carbocycles. The van der Waals surface area contributed by atoms with Gasteiger partial charge in [0.25, 0.3) is 5.69 Å². The average molecular weight is 331 g/mol. The summed E-state index contributed by atoms with van der Waals surface area (Å²) in [4.78, 5) is 34.2. The van der Waals surface area contributed by atoms with Crippen molar-refractivity contribution in [2.24, 2.45) is 0 Å². The first-order valence-electron chi connectivity index (χ1n) is 7.72. The minimum atomic E-state index is -0.475. The zero-order chi connectivity index (χ0) is 17.3. The SMILES string of the molecule is CCOC(=O)/C=C1\C[C@H](c2ccc([N+](=O)[O-])cc2)N2CCC(=O)N12. The van der Waals surface area contributed by atoms with Crippen LogP contribution in [0.1, 0.15) is 31.4 Å². The number of esters is 1. The van der Waals surface area contributed by atoms with Gasteiger partial charge in [-0.2, -0.15) is 0 Å². The molecule has 0 N–H and O–H groups in total. The monoisotopic (exact) mass is 331 g/mol. The number of benzene rings is 1. The molecule has 2 aliphatic heterocycles. The Kier molecular flexibility index (Phi) is 4.30. The van der Waals surface area contributed by atoms with Crippen LogP contribution in [0.25, 0.3) is 0 Å². The lowest BCUT2D eigenvalue weighted by atomic mass is 10.0. The predicted octanol–water partition coefficient (Wildman–Crippen LogP) is 1.94. The Bertz CT molecular complexity index is 713. The van der Waals surface area contributed by atoms with Crippen molar-refractivity contribution >= 4 is 17.6 Å². The summed E-state index contributed by atoms with van der Waals surface area (Å²) in [5.41, 5.74) is 1.49. The van der Waals surface area contributed by atoms with Gasteiger partial charge in [-0.3, -0.25) is 14.9 Å². The number of hydrogen-bond donors (Lipinski definition) is 0. The third kappa shape index (κ3) is 2.88. The minimum absolute atomic E-state index is 0.0217. The quantitative estimate of drug-likeness (QED) is 0.362. The van der Waals surface area contributed by atoms with Crippen LogP contribution in [0.2, 0.25) is 0 Å². The Balaban J connectivity index is 1.88. The molecule has 0 unspecified atom stereocenters. The number of hydrazine groups is 1. The summed E-state index contributed by atoms with van der Waals surface area (Å²) in [6, 6.07) is 6.15. The molecule has 0 spiro atoms. The van der Waals surface area contributed by atoms with Gasteiger partial charge in [-0.25, -0.2) is 14.8 Å². The van der Waals surface area contributed by atoms with Gasteiger partial charge in [0.15, 0.2) is 0 Å². The molecule has 0 aromatic heterocycles. The van der Waals surface area contributed by atoms with E-state index in [0.29, 0.717) is 25.1 Å². The number of amides is 1. The first-order valence-corrected chi connectivity index (χ1v) is 7.72. The fourth-order valence-electron chi connectivity index (χ4n) is 3.12. The molecule has 0 aliphatic carbocycles. The molecule has 8 nitrogen and oxygen atoms in total. The maximum absolute atomic E-state index is 12.1. The zero-order valence-electron chi connectivity index (χ0n) is 13.2. The minimum Gasteiger partial charge on any atom is -0.463 e. The van der Waals surface area contributed by atoms with E-state index in [1.54, 1.807) is 19.1 Å². The van der Waals surface area contributed by atoms with Gasteiger partial charge in [-0.15, -0.1) is 0 Å². The van der Waals surface area contributed by atoms with Crippen molar-refractivity contribution in [3.63, 3.8) is 0 Å². The second-order valence-corrected chi connectivity index (χ2v) is 5.57. The van der Waals surface area contributed by atoms with Gasteiger partial charge in [-0.1, -0.05) is 12.1 Å². The molecule has 1 aromatic carbocycles. The Morgan fingerprint density at radius 3 is 2.75 bits per heavy atom. The van der Waals surface area contributed by atoms with Crippen molar-refractivity contribution in [2.45, 2.75) is 25.8 Å². The van der Waals surface area contributed by atoms with Crippen LogP contribution in [0.4, 0.5) is 5.69 Å². The van der Waals surface area contributed by atoms with Gasteiger partial charge in [-0.05, 0) is 12.5 Å². The van der Waals surface area contributed by atoms with E-state index < -0.39 is 10.9 Å². The van der Waals surface area contributed by atoms with Crippen molar-refractivity contribution in [2.75, 3.05) is 13.2 Å². The van der Waals surface area contributed by atoms with E-state index in [-0.39, 0.29) is 24.2 Å². The summed E-state index contributed by atoms with van der Waals surface area (Å²) in [5, 5.41) is 14.2. The highest BCUT2D eigenvalue weighted by molar-refractivity contribution is 5.86. The molecule has 2 fully saturated rings. The molecule has 2 heterocycles. The predicted molar refractivity (Wildman–Crippen MR) is 83.3 cm³/mol. The second kappa shape index (κ2) is 6.40. The van der Waals surface area contributed by atoms with E-state index in [0.717, 1.165) is 5.56 Å². The number of hydrogen-bond acceptors (Lipinski definition) is 6. The number of ether oxygens (including phenoxy) is 1. The van der Waals surface area contributed by atoms with E-state index in [1.165, 1.54) is 23.2 Å². The summed E-state index contributed by atoms with van der Waals surface area (Å²) in [6.45, 7) is 2.55. The van der Waals surface area contributed by atoms with Gasteiger partial charge in [0.05, 0.1) is 17.6 Å². The van der Waals surface area contributed by atoms with Crippen LogP contribution in [-0.4, -0.2) is 40.0 Å². The third-order valence-electron chi connectivity index (χ3n) is 4.14. The topological polar surface area (TPSA) is 93.0 Å². The summed E-state index contributed by atoms with van der Waals surface area (Å²) in [5.74, 6) is -0.536. The van der Waals surface area contributed by atoms with Crippen molar-refractivity contribution in [1.29, 1.82) is 0 Å². The number of rotatable bonds is 4. The number of nitrogens with zero attached hydrogens (tertiary/aromatic N) is 3. The standard InChI is InChI=1S/C16H17N3O5/c1-2-24-16(21)10-13-9-14(17-8-7-15(20)18(13)17)11-3-5-12(6-4-11)19(22)23/h3-6,10,14H,2,7-9H2,1H3/b13-10+/t14-/m1/s1. The van der Waals surface area contributed by atoms with E-state index in [4.69, 9.17) is 4.74 Å². The maximum Gasteiger partial charge on any atom is 0.332 e. The lowest BCUT2D eigenvalue weighted by Crippen LogP contribution is -2.32. The molecule has 24 heavy (non-hydrogen) atoms. The number of carbonyl (C=O) groups excluding carboxylic acids is 2. The molecule has 1 aromatic rings. The first kappa shape index (κ1) is 16.1. The molecule has 0 radical (unpaired) electrons. The van der Waals surface area contributed by atoms with Crippen LogP contribution in [0, 0.1) is 10.1 Å². The highest BCUT2D eigenvalue weighted by Gasteiger charge is 2.43. The molecule has 1 amide bonds. The molecule has 3 rings (SSSR count). The smallest absolute Gasteiger partial charge is 0.332 e. The fraction of sp³-hybridized carbons (Fsp3) is 0.375. The zero-order valence-corrected chi connectivity index (χ0v) is 13.2. The number of fused-ring (bicyclic) bond motifs is 1. The number of non-ortho nitro benzene ring substituents is 1. The van der Waals surface area contributed by atoms with Crippen LogP contribution in [0.5, 0.6) is 0 Å². The van der Waals surface area contributed by atoms with Gasteiger partial charge in [0.1, 0.15) is 0 Å². The highest BCUT2D eigenvalue weighted by atomic mass is 16.6. The molecular formula is C16H17N3O5.